The smallest absolute Gasteiger partial charge is 0.430 e. The Morgan fingerprint density at radius 2 is 1.67 bits per heavy atom. The van der Waals surface area contributed by atoms with E-state index in [1.54, 1.807) is 11.8 Å². The summed E-state index contributed by atoms with van der Waals surface area (Å²) in [4.78, 5) is 47.5. The van der Waals surface area contributed by atoms with Gasteiger partial charge in [0.15, 0.2) is 5.75 Å². The molecule has 0 spiro atoms. The molecule has 0 bridgehead atoms. The summed E-state index contributed by atoms with van der Waals surface area (Å²) in [5.41, 5.74) is -7.01. The topological polar surface area (TPSA) is 125 Å². The van der Waals surface area contributed by atoms with E-state index >= 15 is 0 Å². The summed E-state index contributed by atoms with van der Waals surface area (Å²) in [7, 11) is 0. The number of aliphatic hydroxyl groups is 1. The van der Waals surface area contributed by atoms with Crippen LogP contribution in [0.3, 0.4) is 0 Å². The lowest BCUT2D eigenvalue weighted by Crippen LogP contribution is -2.54. The highest BCUT2D eigenvalue weighted by molar-refractivity contribution is 6.09. The zero-order valence-corrected chi connectivity index (χ0v) is 24.8. The average Bonchev–Trinajstić information content (AvgIpc) is 3.23. The van der Waals surface area contributed by atoms with Crippen LogP contribution in [0.4, 0.5) is 36.8 Å². The second-order valence-electron chi connectivity index (χ2n) is 11.3. The Labute approximate surface area is 259 Å². The first-order valence-electron chi connectivity index (χ1n) is 14.4. The van der Waals surface area contributed by atoms with Crippen LogP contribution in [0.2, 0.25) is 0 Å². The van der Waals surface area contributed by atoms with Crippen molar-refractivity contribution in [2.45, 2.75) is 50.2 Å². The van der Waals surface area contributed by atoms with Crippen LogP contribution in [-0.4, -0.2) is 96.0 Å². The summed E-state index contributed by atoms with van der Waals surface area (Å²) in [6, 6.07) is 3.20. The first-order chi connectivity index (χ1) is 21.5. The van der Waals surface area contributed by atoms with E-state index in [1.165, 1.54) is 24.1 Å². The van der Waals surface area contributed by atoms with Gasteiger partial charge in [-0.05, 0) is 31.0 Å². The van der Waals surface area contributed by atoms with Crippen molar-refractivity contribution in [3.8, 4) is 11.6 Å². The van der Waals surface area contributed by atoms with Crippen molar-refractivity contribution in [1.82, 2.24) is 20.1 Å². The number of carbonyl (C=O) groups is 3. The van der Waals surface area contributed by atoms with Crippen molar-refractivity contribution in [1.29, 1.82) is 0 Å². The van der Waals surface area contributed by atoms with Crippen LogP contribution in [-0.2, 0) is 27.1 Å². The molecule has 17 heteroatoms. The first-order valence-corrected chi connectivity index (χ1v) is 14.4. The van der Waals surface area contributed by atoms with Crippen LogP contribution in [0, 0.1) is 0 Å². The van der Waals surface area contributed by atoms with Crippen molar-refractivity contribution >= 4 is 23.5 Å². The Morgan fingerprint density at radius 1 is 1.02 bits per heavy atom. The van der Waals surface area contributed by atoms with E-state index in [1.807, 2.05) is 0 Å². The lowest BCUT2D eigenvalue weighted by Gasteiger charge is -2.38. The van der Waals surface area contributed by atoms with Gasteiger partial charge in [-0.2, -0.15) is 26.3 Å². The maximum atomic E-state index is 13.5. The van der Waals surface area contributed by atoms with Crippen LogP contribution in [0.5, 0.6) is 11.6 Å². The van der Waals surface area contributed by atoms with Gasteiger partial charge < -0.3 is 29.7 Å². The number of hydrogen-bond acceptors (Lipinski definition) is 8. The molecule has 1 aromatic carbocycles. The van der Waals surface area contributed by atoms with Crippen molar-refractivity contribution in [2.75, 3.05) is 50.8 Å². The number of amides is 4. The number of urea groups is 1. The molecule has 0 saturated carbocycles. The highest BCUT2D eigenvalue weighted by Crippen LogP contribution is 2.50. The number of hydrogen-bond donors (Lipinski definition) is 2. The molecule has 3 aliphatic rings. The third kappa shape index (κ3) is 5.64. The Bertz CT molecular complexity index is 1510. The minimum atomic E-state index is -6.01. The summed E-state index contributed by atoms with van der Waals surface area (Å²) in [6.07, 6.45) is -10.1. The largest absolute Gasteiger partial charge is 0.484 e. The highest BCUT2D eigenvalue weighted by Gasteiger charge is 2.71. The van der Waals surface area contributed by atoms with Crippen LogP contribution >= 0.6 is 0 Å². The van der Waals surface area contributed by atoms with Gasteiger partial charge in [-0.25, -0.2) is 9.78 Å². The van der Waals surface area contributed by atoms with Gasteiger partial charge in [0.2, 0.25) is 5.91 Å². The third-order valence-corrected chi connectivity index (χ3v) is 8.35. The molecule has 11 nitrogen and oxygen atoms in total. The SMILES string of the molecule is CCCc1cc(C(O)(C(F)(F)F)C(F)(F)F)ccc1N1CCN(C(=O)CN2C(=O)NC(C)(c3cnc4c(c3)OCCO4)C2=O)CC1. The van der Waals surface area contributed by atoms with E-state index in [-0.39, 0.29) is 50.7 Å². The number of halogens is 6. The van der Waals surface area contributed by atoms with Crippen LogP contribution in [0.15, 0.2) is 30.5 Å². The summed E-state index contributed by atoms with van der Waals surface area (Å²) < 4.78 is 91.8. The van der Waals surface area contributed by atoms with Crippen molar-refractivity contribution < 1.29 is 55.3 Å². The first kappa shape index (κ1) is 33.1. The number of carbonyl (C=O) groups excluding carboxylic acids is 3. The monoisotopic (exact) mass is 659 g/mol. The number of fused-ring (bicyclic) bond motifs is 1. The number of nitrogens with zero attached hydrogens (tertiary/aromatic N) is 4. The Kier molecular flexibility index (Phi) is 8.50. The van der Waals surface area contributed by atoms with Gasteiger partial charge in [-0.15, -0.1) is 0 Å². The number of pyridine rings is 1. The van der Waals surface area contributed by atoms with Gasteiger partial charge in [0.25, 0.3) is 17.4 Å². The standard InChI is InChI=1S/C29H31F6N5O6/c1-3-4-17-13-18(27(44,28(30,31)32)29(33,34)35)5-6-20(17)38-7-9-39(10-8-38)22(41)16-40-24(42)26(2,37-25(40)43)19-14-21-23(36-15-19)46-12-11-45-21/h5-6,13-15,44H,3-4,7-12,16H2,1-2H3,(H,37,43). The van der Waals surface area contributed by atoms with E-state index in [9.17, 15) is 45.8 Å². The third-order valence-electron chi connectivity index (χ3n) is 8.35. The van der Waals surface area contributed by atoms with Gasteiger partial charge >= 0.3 is 18.4 Å². The molecule has 5 rings (SSSR count). The Balaban J connectivity index is 1.26. The summed E-state index contributed by atoms with van der Waals surface area (Å²) in [5.74, 6) is -0.641. The van der Waals surface area contributed by atoms with Gasteiger partial charge in [-0.1, -0.05) is 25.5 Å². The number of nitrogens with one attached hydrogen (secondary N) is 1. The molecule has 2 N–H and O–H groups in total. The fraction of sp³-hybridized carbons (Fsp3) is 0.517. The fourth-order valence-corrected chi connectivity index (χ4v) is 5.75. The normalized spacial score (nSPS) is 20.7. The molecule has 0 aliphatic carbocycles. The Morgan fingerprint density at radius 3 is 2.30 bits per heavy atom. The number of ether oxygens (including phenoxy) is 2. The lowest BCUT2D eigenvalue weighted by atomic mass is 9.89. The second kappa shape index (κ2) is 11.8. The zero-order valence-electron chi connectivity index (χ0n) is 24.8. The van der Waals surface area contributed by atoms with Crippen molar-refractivity contribution in [3.05, 3.63) is 47.2 Å². The summed E-state index contributed by atoms with van der Waals surface area (Å²) >= 11 is 0. The average molecular weight is 660 g/mol. The molecule has 4 heterocycles. The number of anilines is 1. The van der Waals surface area contributed by atoms with Gasteiger partial charge in [0.1, 0.15) is 25.3 Å². The van der Waals surface area contributed by atoms with Gasteiger partial charge in [0.05, 0.1) is 0 Å². The number of aromatic nitrogens is 1. The zero-order chi connectivity index (χ0) is 33.7. The van der Waals surface area contributed by atoms with E-state index in [0.29, 0.717) is 36.1 Å². The number of benzene rings is 1. The molecule has 2 saturated heterocycles. The molecule has 250 valence electrons. The number of rotatable bonds is 7. The second-order valence-corrected chi connectivity index (χ2v) is 11.3. The van der Waals surface area contributed by atoms with Crippen LogP contribution < -0.4 is 19.7 Å². The molecule has 0 radical (unpaired) electrons. The predicted octanol–water partition coefficient (Wildman–Crippen LogP) is 3.23. The minimum absolute atomic E-state index is 0.105. The minimum Gasteiger partial charge on any atom is -0.484 e. The van der Waals surface area contributed by atoms with Gasteiger partial charge in [-0.3, -0.25) is 14.5 Å². The number of piperazine rings is 1. The molecule has 2 aromatic rings. The van der Waals surface area contributed by atoms with E-state index in [2.05, 4.69) is 10.3 Å². The van der Waals surface area contributed by atoms with Crippen LogP contribution in [0.1, 0.15) is 37.0 Å². The maximum absolute atomic E-state index is 13.5. The molecular formula is C29H31F6N5O6. The van der Waals surface area contributed by atoms with E-state index < -0.39 is 53.4 Å². The fourth-order valence-electron chi connectivity index (χ4n) is 5.75. The molecule has 4 amide bonds. The quantitative estimate of drug-likeness (QED) is 0.343. The molecule has 3 aliphatic heterocycles. The lowest BCUT2D eigenvalue weighted by molar-refractivity contribution is -0.376. The van der Waals surface area contributed by atoms with Gasteiger partial charge in [0, 0.05) is 49.2 Å². The highest BCUT2D eigenvalue weighted by atomic mass is 19.4. The summed E-state index contributed by atoms with van der Waals surface area (Å²) in [5, 5.41) is 12.5. The Hall–Kier alpha value is -4.28. The van der Waals surface area contributed by atoms with E-state index in [0.717, 1.165) is 17.0 Å². The number of imide groups is 1. The molecule has 2 fully saturated rings. The van der Waals surface area contributed by atoms with Crippen LogP contribution in [0.25, 0.3) is 0 Å². The molecular weight excluding hydrogens is 628 g/mol. The van der Waals surface area contributed by atoms with E-state index in [4.69, 9.17) is 9.47 Å². The predicted molar refractivity (Wildman–Crippen MR) is 148 cm³/mol. The molecule has 1 atom stereocenters. The summed E-state index contributed by atoms with van der Waals surface area (Å²) in [6.45, 7) is 3.79. The molecule has 46 heavy (non-hydrogen) atoms. The van der Waals surface area contributed by atoms with Crippen molar-refractivity contribution in [3.63, 3.8) is 0 Å². The number of alkyl halides is 6. The van der Waals surface area contributed by atoms with Crippen molar-refractivity contribution in [2.24, 2.45) is 0 Å². The molecule has 1 aromatic heterocycles. The molecule has 1 unspecified atom stereocenters. The maximum Gasteiger partial charge on any atom is 0.430 e. The number of aryl methyl sites for hydroxylation is 1.